The summed E-state index contributed by atoms with van der Waals surface area (Å²) in [6.45, 7) is 0. The molecule has 0 aliphatic carbocycles. The molecule has 0 bridgehead atoms. The first-order chi connectivity index (χ1) is 10.2. The predicted molar refractivity (Wildman–Crippen MR) is 91.6 cm³/mol. The third kappa shape index (κ3) is 4.86. The summed E-state index contributed by atoms with van der Waals surface area (Å²) in [5.74, 6) is 0.577. The number of nitrogens with zero attached hydrogens (tertiary/aromatic N) is 1. The van der Waals surface area contributed by atoms with Gasteiger partial charge in [0, 0.05) is 9.13 Å². The van der Waals surface area contributed by atoms with Crippen LogP contribution in [-0.4, -0.2) is 19.2 Å². The molecule has 2 rings (SSSR count). The molecule has 1 amide bonds. The van der Waals surface area contributed by atoms with E-state index in [9.17, 15) is 4.79 Å². The van der Waals surface area contributed by atoms with Crippen molar-refractivity contribution in [2.75, 3.05) is 7.11 Å². The summed E-state index contributed by atoms with van der Waals surface area (Å²) < 4.78 is 6.21. The molecular formula is C16H15IN2O2. The summed E-state index contributed by atoms with van der Waals surface area (Å²) in [5, 5.41) is 3.98. The van der Waals surface area contributed by atoms with Crippen LogP contribution in [0.5, 0.6) is 5.75 Å². The van der Waals surface area contributed by atoms with E-state index in [2.05, 4.69) is 33.1 Å². The highest BCUT2D eigenvalue weighted by Crippen LogP contribution is 2.13. The number of ether oxygens (including phenoxy) is 1. The molecule has 0 heterocycles. The highest BCUT2D eigenvalue weighted by Gasteiger charge is 2.03. The Morgan fingerprint density at radius 2 is 2.10 bits per heavy atom. The van der Waals surface area contributed by atoms with Crippen molar-refractivity contribution in [3.05, 3.63) is 63.2 Å². The average Bonchev–Trinajstić information content (AvgIpc) is 2.49. The number of benzene rings is 2. The molecule has 0 atom stereocenters. The van der Waals surface area contributed by atoms with Crippen LogP contribution in [0.15, 0.2) is 53.6 Å². The molecule has 0 saturated carbocycles. The van der Waals surface area contributed by atoms with Gasteiger partial charge in [-0.3, -0.25) is 4.79 Å². The van der Waals surface area contributed by atoms with E-state index < -0.39 is 0 Å². The molecular weight excluding hydrogens is 379 g/mol. The van der Waals surface area contributed by atoms with Gasteiger partial charge in [0.2, 0.25) is 5.91 Å². The Labute approximate surface area is 137 Å². The molecule has 2 aromatic carbocycles. The second-order valence-corrected chi connectivity index (χ2v) is 5.51. The minimum Gasteiger partial charge on any atom is -0.497 e. The third-order valence-electron chi connectivity index (χ3n) is 2.80. The van der Waals surface area contributed by atoms with Gasteiger partial charge in [-0.05, 0) is 46.4 Å². The van der Waals surface area contributed by atoms with Gasteiger partial charge < -0.3 is 4.74 Å². The molecule has 21 heavy (non-hydrogen) atoms. The van der Waals surface area contributed by atoms with Crippen LogP contribution in [0, 0.1) is 3.57 Å². The van der Waals surface area contributed by atoms with Crippen LogP contribution in [0.3, 0.4) is 0 Å². The van der Waals surface area contributed by atoms with Crippen molar-refractivity contribution < 1.29 is 9.53 Å². The number of carbonyl (C=O) groups is 1. The SMILES string of the molecule is COc1cccc(CC(=O)NN=Cc2ccccc2I)c1. The molecule has 0 fully saturated rings. The van der Waals surface area contributed by atoms with Gasteiger partial charge in [-0.25, -0.2) is 5.43 Å². The monoisotopic (exact) mass is 394 g/mol. The van der Waals surface area contributed by atoms with E-state index in [0.29, 0.717) is 0 Å². The fourth-order valence-corrected chi connectivity index (χ4v) is 2.29. The van der Waals surface area contributed by atoms with Gasteiger partial charge >= 0.3 is 0 Å². The first-order valence-corrected chi connectivity index (χ1v) is 7.46. The number of methoxy groups -OCH3 is 1. The maximum atomic E-state index is 11.8. The van der Waals surface area contributed by atoms with Gasteiger partial charge in [-0.15, -0.1) is 0 Å². The predicted octanol–water partition coefficient (Wildman–Crippen LogP) is 2.99. The topological polar surface area (TPSA) is 50.7 Å². The zero-order chi connectivity index (χ0) is 15.1. The van der Waals surface area contributed by atoms with Gasteiger partial charge in [0.15, 0.2) is 0 Å². The fraction of sp³-hybridized carbons (Fsp3) is 0.125. The molecule has 0 aromatic heterocycles. The van der Waals surface area contributed by atoms with Gasteiger partial charge in [0.25, 0.3) is 0 Å². The normalized spacial score (nSPS) is 10.6. The van der Waals surface area contributed by atoms with Crippen LogP contribution in [0.4, 0.5) is 0 Å². The highest BCUT2D eigenvalue weighted by atomic mass is 127. The quantitative estimate of drug-likeness (QED) is 0.482. The summed E-state index contributed by atoms with van der Waals surface area (Å²) in [6, 6.07) is 15.2. The van der Waals surface area contributed by atoms with Gasteiger partial charge in [0.05, 0.1) is 19.7 Å². The molecule has 4 nitrogen and oxygen atoms in total. The maximum Gasteiger partial charge on any atom is 0.244 e. The van der Waals surface area contributed by atoms with Crippen molar-refractivity contribution in [1.82, 2.24) is 5.43 Å². The zero-order valence-electron chi connectivity index (χ0n) is 11.5. The molecule has 2 aromatic rings. The lowest BCUT2D eigenvalue weighted by Crippen LogP contribution is -2.19. The molecule has 0 saturated heterocycles. The average molecular weight is 394 g/mol. The Balaban J connectivity index is 1.91. The lowest BCUT2D eigenvalue weighted by atomic mass is 10.1. The Morgan fingerprint density at radius 3 is 2.86 bits per heavy atom. The number of amides is 1. The van der Waals surface area contributed by atoms with Crippen molar-refractivity contribution in [2.45, 2.75) is 6.42 Å². The summed E-state index contributed by atoms with van der Waals surface area (Å²) in [6.07, 6.45) is 1.91. The van der Waals surface area contributed by atoms with Crippen LogP contribution in [0.25, 0.3) is 0 Å². The smallest absolute Gasteiger partial charge is 0.244 e. The zero-order valence-corrected chi connectivity index (χ0v) is 13.7. The molecule has 0 aliphatic heterocycles. The van der Waals surface area contributed by atoms with Crippen LogP contribution in [-0.2, 0) is 11.2 Å². The number of carbonyl (C=O) groups excluding carboxylic acids is 1. The fourth-order valence-electron chi connectivity index (χ4n) is 1.76. The van der Waals surface area contributed by atoms with E-state index >= 15 is 0 Å². The number of rotatable bonds is 5. The van der Waals surface area contributed by atoms with Crippen LogP contribution < -0.4 is 10.2 Å². The number of halogens is 1. The Hall–Kier alpha value is -1.89. The van der Waals surface area contributed by atoms with Crippen LogP contribution in [0.2, 0.25) is 0 Å². The van der Waals surface area contributed by atoms with E-state index in [1.54, 1.807) is 13.3 Å². The summed E-state index contributed by atoms with van der Waals surface area (Å²) in [7, 11) is 1.60. The van der Waals surface area contributed by atoms with E-state index in [0.717, 1.165) is 20.4 Å². The molecule has 1 N–H and O–H groups in total. The first kappa shape index (κ1) is 15.5. The number of hydrogen-bond donors (Lipinski definition) is 1. The highest BCUT2D eigenvalue weighted by molar-refractivity contribution is 14.1. The van der Waals surface area contributed by atoms with Gasteiger partial charge in [-0.2, -0.15) is 5.10 Å². The van der Waals surface area contributed by atoms with Crippen LogP contribution >= 0.6 is 22.6 Å². The van der Waals surface area contributed by atoms with Crippen molar-refractivity contribution in [3.63, 3.8) is 0 Å². The van der Waals surface area contributed by atoms with Crippen molar-refractivity contribution in [1.29, 1.82) is 0 Å². The Bertz CT molecular complexity index is 656. The van der Waals surface area contributed by atoms with Gasteiger partial charge in [0.1, 0.15) is 5.75 Å². The standard InChI is InChI=1S/C16H15IN2O2/c1-21-14-7-4-5-12(9-14)10-16(20)19-18-11-13-6-2-3-8-15(13)17/h2-9,11H,10H2,1H3,(H,19,20). The van der Waals surface area contributed by atoms with E-state index in [-0.39, 0.29) is 12.3 Å². The molecule has 0 unspecified atom stereocenters. The van der Waals surface area contributed by atoms with Gasteiger partial charge in [-0.1, -0.05) is 30.3 Å². The minimum absolute atomic E-state index is 0.162. The first-order valence-electron chi connectivity index (χ1n) is 6.38. The lowest BCUT2D eigenvalue weighted by Gasteiger charge is -2.03. The lowest BCUT2D eigenvalue weighted by molar-refractivity contribution is -0.120. The van der Waals surface area contributed by atoms with Crippen molar-refractivity contribution in [2.24, 2.45) is 5.10 Å². The van der Waals surface area contributed by atoms with E-state index in [1.165, 1.54) is 0 Å². The number of hydrazone groups is 1. The second-order valence-electron chi connectivity index (χ2n) is 4.34. The Morgan fingerprint density at radius 1 is 1.29 bits per heavy atom. The molecule has 108 valence electrons. The molecule has 5 heteroatoms. The number of hydrogen-bond acceptors (Lipinski definition) is 3. The number of nitrogens with one attached hydrogen (secondary N) is 1. The summed E-state index contributed by atoms with van der Waals surface area (Å²) in [4.78, 5) is 11.8. The third-order valence-corrected chi connectivity index (χ3v) is 3.78. The van der Waals surface area contributed by atoms with Crippen LogP contribution in [0.1, 0.15) is 11.1 Å². The summed E-state index contributed by atoms with van der Waals surface area (Å²) >= 11 is 2.23. The Kier molecular flexibility index (Phi) is 5.74. The van der Waals surface area contributed by atoms with Crippen molar-refractivity contribution in [3.8, 4) is 5.75 Å². The minimum atomic E-state index is -0.162. The largest absolute Gasteiger partial charge is 0.497 e. The molecule has 0 radical (unpaired) electrons. The molecule has 0 aliphatic rings. The van der Waals surface area contributed by atoms with E-state index in [4.69, 9.17) is 4.74 Å². The van der Waals surface area contributed by atoms with Crippen molar-refractivity contribution >= 4 is 34.7 Å². The summed E-state index contributed by atoms with van der Waals surface area (Å²) in [5.41, 5.74) is 4.39. The molecule has 0 spiro atoms. The maximum absolute atomic E-state index is 11.8. The van der Waals surface area contributed by atoms with E-state index in [1.807, 2.05) is 48.5 Å². The second kappa shape index (κ2) is 7.78.